The molecule has 0 aromatic carbocycles. The van der Waals surface area contributed by atoms with Gasteiger partial charge in [-0.1, -0.05) is 0 Å². The van der Waals surface area contributed by atoms with Gasteiger partial charge in [-0.3, -0.25) is 4.79 Å². The van der Waals surface area contributed by atoms with E-state index in [0.717, 1.165) is 0 Å². The molecule has 0 saturated heterocycles. The molecular weight excluding hydrogens is 381 g/mol. The van der Waals surface area contributed by atoms with Crippen LogP contribution in [0.4, 0.5) is 13.2 Å². The normalized spacial score (nSPS) is 11.5. The minimum absolute atomic E-state index is 0.0152. The zero-order chi connectivity index (χ0) is 20.9. The number of amides is 1. The van der Waals surface area contributed by atoms with E-state index in [-0.39, 0.29) is 42.3 Å². The SMILES string of the molecule is COCCOC(=O)c1c(C)[nH]c(C(=O)N(Cc2ccco2)CC(F)(F)F)c1C. The second-order valence-electron chi connectivity index (χ2n) is 6.11. The van der Waals surface area contributed by atoms with Crippen LogP contribution < -0.4 is 0 Å². The molecule has 0 saturated carbocycles. The Morgan fingerprint density at radius 3 is 2.54 bits per heavy atom. The highest BCUT2D eigenvalue weighted by atomic mass is 19.4. The van der Waals surface area contributed by atoms with Crippen LogP contribution in [-0.2, 0) is 16.0 Å². The van der Waals surface area contributed by atoms with Crippen molar-refractivity contribution in [3.8, 4) is 0 Å². The lowest BCUT2D eigenvalue weighted by atomic mass is 10.1. The molecule has 0 radical (unpaired) electrons. The first-order valence-electron chi connectivity index (χ1n) is 8.37. The lowest BCUT2D eigenvalue weighted by Gasteiger charge is -2.23. The quantitative estimate of drug-likeness (QED) is 0.541. The van der Waals surface area contributed by atoms with E-state index in [0.29, 0.717) is 10.6 Å². The Labute approximate surface area is 159 Å². The smallest absolute Gasteiger partial charge is 0.406 e. The van der Waals surface area contributed by atoms with Gasteiger partial charge in [0.1, 0.15) is 24.6 Å². The van der Waals surface area contributed by atoms with Crippen LogP contribution in [-0.4, -0.2) is 54.8 Å². The van der Waals surface area contributed by atoms with Gasteiger partial charge in [-0.2, -0.15) is 13.2 Å². The molecule has 2 rings (SSSR count). The summed E-state index contributed by atoms with van der Waals surface area (Å²) in [7, 11) is 1.45. The Morgan fingerprint density at radius 2 is 1.96 bits per heavy atom. The topological polar surface area (TPSA) is 84.8 Å². The van der Waals surface area contributed by atoms with E-state index < -0.39 is 24.6 Å². The van der Waals surface area contributed by atoms with Crippen molar-refractivity contribution in [3.05, 3.63) is 46.7 Å². The Morgan fingerprint density at radius 1 is 1.25 bits per heavy atom. The van der Waals surface area contributed by atoms with Crippen LogP contribution in [0.25, 0.3) is 0 Å². The molecule has 7 nitrogen and oxygen atoms in total. The average molecular weight is 402 g/mol. The third-order valence-corrected chi connectivity index (χ3v) is 3.96. The molecule has 2 aromatic rings. The van der Waals surface area contributed by atoms with Crippen molar-refractivity contribution < 1.29 is 36.7 Å². The van der Waals surface area contributed by atoms with E-state index in [1.165, 1.54) is 39.4 Å². The van der Waals surface area contributed by atoms with Crippen molar-refractivity contribution in [1.82, 2.24) is 9.88 Å². The average Bonchev–Trinajstić information content (AvgIpc) is 3.20. The molecule has 154 valence electrons. The van der Waals surface area contributed by atoms with Gasteiger partial charge < -0.3 is 23.8 Å². The first kappa shape index (κ1) is 21.5. The highest BCUT2D eigenvalue weighted by Gasteiger charge is 2.35. The van der Waals surface area contributed by atoms with Gasteiger partial charge in [0.2, 0.25) is 0 Å². The number of ether oxygens (including phenoxy) is 2. The van der Waals surface area contributed by atoms with Crippen LogP contribution in [0, 0.1) is 13.8 Å². The molecule has 2 aromatic heterocycles. The van der Waals surface area contributed by atoms with E-state index in [1.54, 1.807) is 0 Å². The van der Waals surface area contributed by atoms with Crippen molar-refractivity contribution in [3.63, 3.8) is 0 Å². The van der Waals surface area contributed by atoms with Gasteiger partial charge in [-0.15, -0.1) is 0 Å². The number of carbonyl (C=O) groups is 2. The van der Waals surface area contributed by atoms with Crippen LogP contribution in [0.1, 0.15) is 37.9 Å². The molecule has 0 aliphatic rings. The largest absolute Gasteiger partial charge is 0.467 e. The number of methoxy groups -OCH3 is 1. The van der Waals surface area contributed by atoms with Crippen molar-refractivity contribution in [2.75, 3.05) is 26.9 Å². The fraction of sp³-hybridized carbons (Fsp3) is 0.444. The molecule has 28 heavy (non-hydrogen) atoms. The number of aromatic amines is 1. The zero-order valence-electron chi connectivity index (χ0n) is 15.7. The number of furan rings is 1. The minimum Gasteiger partial charge on any atom is -0.467 e. The van der Waals surface area contributed by atoms with E-state index in [2.05, 4.69) is 4.98 Å². The predicted octanol–water partition coefficient (Wildman–Crippen LogP) is 3.23. The Kier molecular flexibility index (Phi) is 6.90. The number of alkyl halides is 3. The summed E-state index contributed by atoms with van der Waals surface area (Å²) in [4.78, 5) is 28.4. The lowest BCUT2D eigenvalue weighted by Crippen LogP contribution is -2.38. The summed E-state index contributed by atoms with van der Waals surface area (Å²) >= 11 is 0. The summed E-state index contributed by atoms with van der Waals surface area (Å²) in [5, 5.41) is 0. The number of hydrogen-bond donors (Lipinski definition) is 1. The van der Waals surface area contributed by atoms with Crippen molar-refractivity contribution in [1.29, 1.82) is 0 Å². The Bertz CT molecular complexity index is 812. The molecule has 1 amide bonds. The molecule has 0 unspecified atom stereocenters. The van der Waals surface area contributed by atoms with Gasteiger partial charge in [-0.25, -0.2) is 4.79 Å². The maximum atomic E-state index is 13.0. The van der Waals surface area contributed by atoms with Crippen LogP contribution in [0.2, 0.25) is 0 Å². The number of halogens is 3. The standard InChI is InChI=1S/C18H21F3N2O5/c1-11-14(17(25)28-8-7-26-3)12(2)22-15(11)16(24)23(10-18(19,20)21)9-13-5-4-6-27-13/h4-6,22H,7-10H2,1-3H3. The third-order valence-electron chi connectivity index (χ3n) is 3.96. The summed E-state index contributed by atoms with van der Waals surface area (Å²) in [5.74, 6) is -1.38. The highest BCUT2D eigenvalue weighted by molar-refractivity contribution is 6.00. The fourth-order valence-corrected chi connectivity index (χ4v) is 2.72. The fourth-order valence-electron chi connectivity index (χ4n) is 2.72. The summed E-state index contributed by atoms with van der Waals surface area (Å²) in [6, 6.07) is 2.99. The van der Waals surface area contributed by atoms with Gasteiger partial charge in [-0.05, 0) is 31.5 Å². The summed E-state index contributed by atoms with van der Waals surface area (Å²) in [6.07, 6.45) is -3.29. The number of nitrogens with one attached hydrogen (secondary N) is 1. The summed E-state index contributed by atoms with van der Waals surface area (Å²) in [6.45, 7) is 1.40. The van der Waals surface area contributed by atoms with E-state index in [4.69, 9.17) is 13.9 Å². The van der Waals surface area contributed by atoms with Crippen LogP contribution >= 0.6 is 0 Å². The monoisotopic (exact) mass is 402 g/mol. The maximum absolute atomic E-state index is 13.0. The zero-order valence-corrected chi connectivity index (χ0v) is 15.7. The number of esters is 1. The summed E-state index contributed by atoms with van der Waals surface area (Å²) in [5.41, 5.74) is 0.557. The molecule has 0 atom stereocenters. The van der Waals surface area contributed by atoms with Gasteiger partial charge >= 0.3 is 12.1 Å². The Balaban J connectivity index is 2.28. The van der Waals surface area contributed by atoms with Crippen molar-refractivity contribution in [2.45, 2.75) is 26.6 Å². The second-order valence-corrected chi connectivity index (χ2v) is 6.11. The highest BCUT2D eigenvalue weighted by Crippen LogP contribution is 2.24. The third kappa shape index (κ3) is 5.38. The predicted molar refractivity (Wildman–Crippen MR) is 91.9 cm³/mol. The molecule has 0 aliphatic carbocycles. The van der Waals surface area contributed by atoms with Crippen LogP contribution in [0.15, 0.2) is 22.8 Å². The number of rotatable bonds is 8. The number of aryl methyl sites for hydroxylation is 1. The number of carbonyl (C=O) groups excluding carboxylic acids is 2. The summed E-state index contributed by atoms with van der Waals surface area (Å²) < 4.78 is 53.8. The van der Waals surface area contributed by atoms with Gasteiger partial charge in [0.25, 0.3) is 5.91 Å². The molecule has 0 spiro atoms. The molecule has 0 aliphatic heterocycles. The number of H-pyrrole nitrogens is 1. The molecule has 1 N–H and O–H groups in total. The minimum atomic E-state index is -4.60. The number of aromatic nitrogens is 1. The van der Waals surface area contributed by atoms with E-state index in [9.17, 15) is 22.8 Å². The first-order valence-corrected chi connectivity index (χ1v) is 8.37. The van der Waals surface area contributed by atoms with E-state index in [1.807, 2.05) is 0 Å². The van der Waals surface area contributed by atoms with Crippen LogP contribution in [0.3, 0.4) is 0 Å². The molecular formula is C18H21F3N2O5. The number of nitrogens with zero attached hydrogens (tertiary/aromatic N) is 1. The van der Waals surface area contributed by atoms with Gasteiger partial charge in [0.15, 0.2) is 0 Å². The first-order chi connectivity index (χ1) is 13.1. The maximum Gasteiger partial charge on any atom is 0.406 e. The second kappa shape index (κ2) is 8.96. The molecule has 10 heteroatoms. The number of hydrogen-bond acceptors (Lipinski definition) is 5. The Hall–Kier alpha value is -2.75. The van der Waals surface area contributed by atoms with Crippen LogP contribution in [0.5, 0.6) is 0 Å². The molecule has 0 bridgehead atoms. The van der Waals surface area contributed by atoms with E-state index >= 15 is 0 Å². The van der Waals surface area contributed by atoms with Gasteiger partial charge in [0.05, 0.1) is 25.0 Å². The lowest BCUT2D eigenvalue weighted by molar-refractivity contribution is -0.142. The van der Waals surface area contributed by atoms with Gasteiger partial charge in [0, 0.05) is 12.8 Å². The molecule has 2 heterocycles. The van der Waals surface area contributed by atoms with Crippen molar-refractivity contribution in [2.24, 2.45) is 0 Å². The van der Waals surface area contributed by atoms with Crippen molar-refractivity contribution >= 4 is 11.9 Å². The molecule has 0 fully saturated rings.